The van der Waals surface area contributed by atoms with Crippen LogP contribution in [0.2, 0.25) is 0 Å². The molecule has 0 bridgehead atoms. The predicted molar refractivity (Wildman–Crippen MR) is 72.2 cm³/mol. The number of rotatable bonds is 4. The number of anilines is 1. The standard InChI is InChI=1S/C13H14N2O2S/c1-2-5-11-8-10(9-18-11)17-13(16)15-12-6-3-4-7-14-12/h3-4,6-9H,2,5H2,1H3,(H,14,15,16). The molecule has 0 aliphatic heterocycles. The first-order valence-corrected chi connectivity index (χ1v) is 6.63. The summed E-state index contributed by atoms with van der Waals surface area (Å²) in [5.41, 5.74) is 0. The third-order valence-electron chi connectivity index (χ3n) is 2.23. The molecule has 0 fully saturated rings. The van der Waals surface area contributed by atoms with Gasteiger partial charge in [0.05, 0.1) is 0 Å². The first-order chi connectivity index (χ1) is 8.78. The van der Waals surface area contributed by atoms with Crippen molar-refractivity contribution in [3.05, 3.63) is 40.7 Å². The SMILES string of the molecule is CCCc1cc(OC(=O)Nc2ccccn2)cs1. The molecule has 18 heavy (non-hydrogen) atoms. The minimum Gasteiger partial charge on any atom is -0.409 e. The fourth-order valence-corrected chi connectivity index (χ4v) is 2.36. The van der Waals surface area contributed by atoms with Gasteiger partial charge in [-0.1, -0.05) is 19.4 Å². The van der Waals surface area contributed by atoms with E-state index in [-0.39, 0.29) is 0 Å². The van der Waals surface area contributed by atoms with Crippen molar-refractivity contribution in [1.82, 2.24) is 4.98 Å². The van der Waals surface area contributed by atoms with Crippen molar-refractivity contribution in [1.29, 1.82) is 0 Å². The van der Waals surface area contributed by atoms with Crippen molar-refractivity contribution in [2.75, 3.05) is 5.32 Å². The molecule has 2 rings (SSSR count). The minimum absolute atomic E-state index is 0.478. The zero-order valence-corrected chi connectivity index (χ0v) is 10.9. The van der Waals surface area contributed by atoms with Gasteiger partial charge < -0.3 is 4.74 Å². The molecule has 1 N–H and O–H groups in total. The zero-order valence-electron chi connectivity index (χ0n) is 10.1. The zero-order chi connectivity index (χ0) is 12.8. The number of amides is 1. The summed E-state index contributed by atoms with van der Waals surface area (Å²) in [7, 11) is 0. The molecule has 0 aromatic carbocycles. The molecule has 0 atom stereocenters. The number of ether oxygens (including phenoxy) is 1. The summed E-state index contributed by atoms with van der Waals surface area (Å²) < 4.78 is 5.17. The van der Waals surface area contributed by atoms with Crippen molar-refractivity contribution < 1.29 is 9.53 Å². The minimum atomic E-state index is -0.519. The summed E-state index contributed by atoms with van der Waals surface area (Å²) in [6.07, 6.45) is 3.18. The summed E-state index contributed by atoms with van der Waals surface area (Å²) >= 11 is 1.60. The molecule has 5 heteroatoms. The third-order valence-corrected chi connectivity index (χ3v) is 3.21. The van der Waals surface area contributed by atoms with Crippen LogP contribution >= 0.6 is 11.3 Å². The van der Waals surface area contributed by atoms with Crippen LogP contribution in [0, 0.1) is 0 Å². The average Bonchev–Trinajstić information content (AvgIpc) is 2.78. The lowest BCUT2D eigenvalue weighted by molar-refractivity contribution is 0.215. The van der Waals surface area contributed by atoms with Crippen LogP contribution in [-0.2, 0) is 6.42 Å². The van der Waals surface area contributed by atoms with Crippen molar-refractivity contribution in [3.63, 3.8) is 0 Å². The van der Waals surface area contributed by atoms with Gasteiger partial charge >= 0.3 is 6.09 Å². The Morgan fingerprint density at radius 2 is 2.39 bits per heavy atom. The van der Waals surface area contributed by atoms with E-state index in [0.29, 0.717) is 11.6 Å². The Hall–Kier alpha value is -1.88. The second kappa shape index (κ2) is 6.16. The van der Waals surface area contributed by atoms with E-state index in [2.05, 4.69) is 17.2 Å². The summed E-state index contributed by atoms with van der Waals surface area (Å²) in [6, 6.07) is 7.18. The molecule has 2 aromatic heterocycles. The second-order valence-electron chi connectivity index (χ2n) is 3.73. The number of aryl methyl sites for hydroxylation is 1. The second-order valence-corrected chi connectivity index (χ2v) is 4.72. The number of aromatic nitrogens is 1. The Balaban J connectivity index is 1.90. The van der Waals surface area contributed by atoms with Crippen LogP contribution in [0.15, 0.2) is 35.8 Å². The van der Waals surface area contributed by atoms with E-state index in [4.69, 9.17) is 4.74 Å². The summed E-state index contributed by atoms with van der Waals surface area (Å²) in [6.45, 7) is 2.12. The molecular weight excluding hydrogens is 248 g/mol. The number of nitrogens with one attached hydrogen (secondary N) is 1. The highest BCUT2D eigenvalue weighted by atomic mass is 32.1. The molecule has 0 aliphatic rings. The van der Waals surface area contributed by atoms with Crippen LogP contribution in [0.1, 0.15) is 18.2 Å². The summed E-state index contributed by atoms with van der Waals surface area (Å²) in [5.74, 6) is 1.06. The van der Waals surface area contributed by atoms with E-state index in [9.17, 15) is 4.79 Å². The number of carbonyl (C=O) groups is 1. The fraction of sp³-hybridized carbons (Fsp3) is 0.231. The number of hydrogen-bond acceptors (Lipinski definition) is 4. The molecule has 2 heterocycles. The maximum Gasteiger partial charge on any atom is 0.418 e. The maximum absolute atomic E-state index is 11.6. The van der Waals surface area contributed by atoms with E-state index < -0.39 is 6.09 Å². The molecule has 2 aromatic rings. The van der Waals surface area contributed by atoms with Gasteiger partial charge in [0.25, 0.3) is 0 Å². The first kappa shape index (κ1) is 12.6. The number of hydrogen-bond donors (Lipinski definition) is 1. The maximum atomic E-state index is 11.6. The Morgan fingerprint density at radius 3 is 3.11 bits per heavy atom. The number of pyridine rings is 1. The molecule has 0 saturated heterocycles. The van der Waals surface area contributed by atoms with Crippen LogP contribution in [0.25, 0.3) is 0 Å². The quantitative estimate of drug-likeness (QED) is 0.913. The van der Waals surface area contributed by atoms with Gasteiger partial charge in [-0.05, 0) is 24.6 Å². The Bertz CT molecular complexity index is 511. The van der Waals surface area contributed by atoms with Crippen LogP contribution in [0.3, 0.4) is 0 Å². The molecule has 0 spiro atoms. The molecular formula is C13H14N2O2S. The van der Waals surface area contributed by atoms with E-state index in [1.165, 1.54) is 4.88 Å². The highest BCUT2D eigenvalue weighted by Crippen LogP contribution is 2.23. The van der Waals surface area contributed by atoms with Crippen LogP contribution < -0.4 is 10.1 Å². The van der Waals surface area contributed by atoms with Crippen molar-refractivity contribution in [2.45, 2.75) is 19.8 Å². The summed E-state index contributed by atoms with van der Waals surface area (Å²) in [5, 5.41) is 4.40. The Labute approximate surface area is 110 Å². The van der Waals surface area contributed by atoms with Gasteiger partial charge in [0.2, 0.25) is 0 Å². The monoisotopic (exact) mass is 262 g/mol. The average molecular weight is 262 g/mol. The largest absolute Gasteiger partial charge is 0.418 e. The van der Waals surface area contributed by atoms with Crippen molar-refractivity contribution >= 4 is 23.2 Å². The molecule has 0 aliphatic carbocycles. The summed E-state index contributed by atoms with van der Waals surface area (Å²) in [4.78, 5) is 16.8. The van der Waals surface area contributed by atoms with E-state index in [1.807, 2.05) is 11.4 Å². The highest BCUT2D eigenvalue weighted by Gasteiger charge is 2.07. The molecule has 0 radical (unpaired) electrons. The predicted octanol–water partition coefficient (Wildman–Crippen LogP) is 3.71. The normalized spacial score (nSPS) is 10.1. The van der Waals surface area contributed by atoms with E-state index >= 15 is 0 Å². The number of thiophene rings is 1. The Kier molecular flexibility index (Phi) is 4.30. The fourth-order valence-electron chi connectivity index (χ4n) is 1.47. The highest BCUT2D eigenvalue weighted by molar-refractivity contribution is 7.10. The van der Waals surface area contributed by atoms with Gasteiger partial charge in [0.15, 0.2) is 0 Å². The first-order valence-electron chi connectivity index (χ1n) is 5.75. The van der Waals surface area contributed by atoms with Gasteiger partial charge in [-0.15, -0.1) is 11.3 Å². The van der Waals surface area contributed by atoms with Crippen LogP contribution in [0.4, 0.5) is 10.6 Å². The van der Waals surface area contributed by atoms with Gasteiger partial charge in [-0.3, -0.25) is 5.32 Å². The molecule has 0 unspecified atom stereocenters. The van der Waals surface area contributed by atoms with Crippen molar-refractivity contribution in [2.24, 2.45) is 0 Å². The Morgan fingerprint density at radius 1 is 1.50 bits per heavy atom. The van der Waals surface area contributed by atoms with Gasteiger partial charge in [0, 0.05) is 16.5 Å². The third kappa shape index (κ3) is 3.56. The van der Waals surface area contributed by atoms with Crippen LogP contribution in [-0.4, -0.2) is 11.1 Å². The number of nitrogens with zero attached hydrogens (tertiary/aromatic N) is 1. The van der Waals surface area contributed by atoms with E-state index in [0.717, 1.165) is 12.8 Å². The molecule has 0 saturated carbocycles. The number of carbonyl (C=O) groups excluding carboxylic acids is 1. The van der Waals surface area contributed by atoms with Gasteiger partial charge in [-0.2, -0.15) is 0 Å². The topological polar surface area (TPSA) is 51.2 Å². The molecule has 1 amide bonds. The smallest absolute Gasteiger partial charge is 0.409 e. The van der Waals surface area contributed by atoms with Gasteiger partial charge in [0.1, 0.15) is 11.6 Å². The van der Waals surface area contributed by atoms with Crippen molar-refractivity contribution in [3.8, 4) is 5.75 Å². The lowest BCUT2D eigenvalue weighted by Gasteiger charge is -2.03. The van der Waals surface area contributed by atoms with Crippen LogP contribution in [0.5, 0.6) is 5.75 Å². The lowest BCUT2D eigenvalue weighted by atomic mass is 10.3. The molecule has 94 valence electrons. The van der Waals surface area contributed by atoms with Gasteiger partial charge in [-0.25, -0.2) is 9.78 Å². The molecule has 4 nitrogen and oxygen atoms in total. The van der Waals surface area contributed by atoms with E-state index in [1.54, 1.807) is 35.7 Å². The lowest BCUT2D eigenvalue weighted by Crippen LogP contribution is -2.17.